The first-order chi connectivity index (χ1) is 6.67. The Morgan fingerprint density at radius 1 is 1.13 bits per heavy atom. The molecule has 0 amide bonds. The van der Waals surface area contributed by atoms with E-state index in [-0.39, 0.29) is 0 Å². The van der Waals surface area contributed by atoms with Gasteiger partial charge in [-0.15, -0.1) is 0 Å². The highest BCUT2D eigenvalue weighted by Gasteiger charge is 2.25. The molecule has 1 aliphatic rings. The Bertz CT molecular complexity index is 243. The van der Waals surface area contributed by atoms with Gasteiger partial charge >= 0.3 is 0 Å². The van der Waals surface area contributed by atoms with Crippen LogP contribution in [-0.4, -0.2) is 23.9 Å². The zero-order valence-corrected chi connectivity index (χ0v) is 11.0. The number of hydrogen-bond acceptors (Lipinski definition) is 3. The van der Waals surface area contributed by atoms with E-state index < -0.39 is 0 Å². The lowest BCUT2D eigenvalue weighted by Crippen LogP contribution is -2.38. The van der Waals surface area contributed by atoms with Gasteiger partial charge in [-0.2, -0.15) is 5.10 Å². The lowest BCUT2D eigenvalue weighted by atomic mass is 9.90. The number of nitrogens with one attached hydrogen (secondary N) is 1. The maximum atomic E-state index is 4.38. The normalized spacial score (nSPS) is 17.7. The Morgan fingerprint density at radius 2 is 1.73 bits per heavy atom. The second-order valence-electron chi connectivity index (χ2n) is 6.84. The third kappa shape index (κ3) is 4.54. The summed E-state index contributed by atoms with van der Waals surface area (Å²) in [4.78, 5) is 2.35. The Labute approximate surface area is 93.9 Å². The molecular weight excluding hydrogens is 186 g/mol. The van der Waals surface area contributed by atoms with E-state index in [0.717, 1.165) is 19.6 Å². The van der Waals surface area contributed by atoms with Crippen LogP contribution >= 0.6 is 0 Å². The first kappa shape index (κ1) is 12.3. The molecule has 0 atom stereocenters. The zero-order chi connectivity index (χ0) is 11.7. The maximum absolute atomic E-state index is 4.38. The molecule has 0 aromatic rings. The van der Waals surface area contributed by atoms with Crippen LogP contribution in [0.4, 0.5) is 0 Å². The van der Waals surface area contributed by atoms with E-state index in [0.29, 0.717) is 10.8 Å². The summed E-state index contributed by atoms with van der Waals surface area (Å²) in [5.74, 6) is 1.21. The predicted octanol–water partition coefficient (Wildman–Crippen LogP) is 2.64. The third-order valence-electron chi connectivity index (χ3n) is 2.19. The molecule has 0 fully saturated rings. The Balaban J connectivity index is 2.57. The molecule has 0 radical (unpaired) electrons. The molecule has 0 aromatic heterocycles. The topological polar surface area (TPSA) is 27.6 Å². The van der Waals surface area contributed by atoms with Crippen molar-refractivity contribution in [3.8, 4) is 0 Å². The molecule has 0 unspecified atom stereocenters. The second kappa shape index (κ2) is 4.03. The Hall–Kier alpha value is -0.730. The molecule has 1 rings (SSSR count). The highest BCUT2D eigenvalue weighted by atomic mass is 15.5. The van der Waals surface area contributed by atoms with Crippen LogP contribution in [0.2, 0.25) is 0 Å². The lowest BCUT2D eigenvalue weighted by molar-refractivity contribution is 0.270. The summed E-state index contributed by atoms with van der Waals surface area (Å²) in [5.41, 5.74) is 3.71. The molecule has 0 saturated carbocycles. The van der Waals surface area contributed by atoms with Gasteiger partial charge in [0.25, 0.3) is 0 Å². The molecule has 3 nitrogen and oxygen atoms in total. The van der Waals surface area contributed by atoms with E-state index in [1.54, 1.807) is 0 Å². The van der Waals surface area contributed by atoms with E-state index in [1.165, 1.54) is 5.84 Å². The summed E-state index contributed by atoms with van der Waals surface area (Å²) in [5, 5.41) is 4.38. The van der Waals surface area contributed by atoms with Crippen LogP contribution in [0, 0.1) is 10.8 Å². The van der Waals surface area contributed by atoms with Crippen molar-refractivity contribution in [1.82, 2.24) is 10.3 Å². The van der Waals surface area contributed by atoms with Crippen LogP contribution in [-0.2, 0) is 0 Å². The summed E-state index contributed by atoms with van der Waals surface area (Å²) >= 11 is 0. The summed E-state index contributed by atoms with van der Waals surface area (Å²) in [6.07, 6.45) is 1.04. The van der Waals surface area contributed by atoms with Gasteiger partial charge in [-0.05, 0) is 10.8 Å². The second-order valence-corrected chi connectivity index (χ2v) is 6.84. The van der Waals surface area contributed by atoms with Gasteiger partial charge in [-0.25, -0.2) is 0 Å². The predicted molar refractivity (Wildman–Crippen MR) is 65.7 cm³/mol. The van der Waals surface area contributed by atoms with Gasteiger partial charge < -0.3 is 4.90 Å². The first-order valence-corrected chi connectivity index (χ1v) is 5.72. The highest BCUT2D eigenvalue weighted by Crippen LogP contribution is 2.24. The summed E-state index contributed by atoms with van der Waals surface area (Å²) in [6, 6.07) is 0. The van der Waals surface area contributed by atoms with Crippen molar-refractivity contribution >= 4 is 5.84 Å². The molecule has 15 heavy (non-hydrogen) atoms. The minimum atomic E-state index is 0.307. The van der Waals surface area contributed by atoms with Gasteiger partial charge in [0.05, 0.1) is 0 Å². The quantitative estimate of drug-likeness (QED) is 0.760. The molecule has 1 N–H and O–H groups in total. The number of rotatable bonds is 2. The van der Waals surface area contributed by atoms with Crippen molar-refractivity contribution in [2.75, 3.05) is 13.2 Å². The van der Waals surface area contributed by atoms with Crippen LogP contribution in [0.3, 0.4) is 0 Å². The number of amidine groups is 1. The summed E-state index contributed by atoms with van der Waals surface area (Å²) in [7, 11) is 0. The van der Waals surface area contributed by atoms with E-state index in [2.05, 4.69) is 57.0 Å². The average molecular weight is 211 g/mol. The number of nitrogens with zero attached hydrogens (tertiary/aromatic N) is 2. The van der Waals surface area contributed by atoms with E-state index >= 15 is 0 Å². The standard InChI is InChI=1S/C12H25N3/c1-11(2,3)7-10-14-13-9-15(10)8-12(4,5)6/h13H,7-9H2,1-6H3. The molecule has 0 aliphatic carbocycles. The smallest absolute Gasteiger partial charge is 0.126 e. The van der Waals surface area contributed by atoms with Crippen LogP contribution in [0.15, 0.2) is 5.10 Å². The van der Waals surface area contributed by atoms with E-state index in [9.17, 15) is 0 Å². The zero-order valence-electron chi connectivity index (χ0n) is 11.0. The molecule has 1 heterocycles. The SMILES string of the molecule is CC(C)(C)CC1=NNCN1CC(C)(C)C. The van der Waals surface area contributed by atoms with E-state index in [1.807, 2.05) is 0 Å². The largest absolute Gasteiger partial charge is 0.339 e. The van der Waals surface area contributed by atoms with Gasteiger partial charge in [0.1, 0.15) is 12.5 Å². The molecule has 0 aromatic carbocycles. The fraction of sp³-hybridized carbons (Fsp3) is 0.917. The molecule has 0 bridgehead atoms. The maximum Gasteiger partial charge on any atom is 0.126 e. The fourth-order valence-electron chi connectivity index (χ4n) is 1.72. The fourth-order valence-corrected chi connectivity index (χ4v) is 1.72. The van der Waals surface area contributed by atoms with Crippen LogP contribution < -0.4 is 5.43 Å². The van der Waals surface area contributed by atoms with Crippen LogP contribution in [0.25, 0.3) is 0 Å². The minimum Gasteiger partial charge on any atom is -0.339 e. The van der Waals surface area contributed by atoms with Crippen molar-refractivity contribution in [2.45, 2.75) is 48.0 Å². The summed E-state index contributed by atoms with van der Waals surface area (Å²) in [6.45, 7) is 15.5. The van der Waals surface area contributed by atoms with Gasteiger partial charge in [0, 0.05) is 13.0 Å². The molecular formula is C12H25N3. The minimum absolute atomic E-state index is 0.307. The first-order valence-electron chi connectivity index (χ1n) is 5.72. The van der Waals surface area contributed by atoms with Gasteiger partial charge in [-0.3, -0.25) is 5.43 Å². The highest BCUT2D eigenvalue weighted by molar-refractivity contribution is 5.83. The van der Waals surface area contributed by atoms with Crippen molar-refractivity contribution in [3.05, 3.63) is 0 Å². The molecule has 88 valence electrons. The van der Waals surface area contributed by atoms with Gasteiger partial charge in [0.2, 0.25) is 0 Å². The molecule has 3 heteroatoms. The average Bonchev–Trinajstić information content (AvgIpc) is 2.29. The van der Waals surface area contributed by atoms with Crippen molar-refractivity contribution < 1.29 is 0 Å². The van der Waals surface area contributed by atoms with Crippen molar-refractivity contribution in [3.63, 3.8) is 0 Å². The van der Waals surface area contributed by atoms with Crippen molar-refractivity contribution in [2.24, 2.45) is 15.9 Å². The van der Waals surface area contributed by atoms with Crippen molar-refractivity contribution in [1.29, 1.82) is 0 Å². The monoisotopic (exact) mass is 211 g/mol. The molecule has 0 spiro atoms. The van der Waals surface area contributed by atoms with Gasteiger partial charge in [0.15, 0.2) is 0 Å². The third-order valence-corrected chi connectivity index (χ3v) is 2.19. The lowest BCUT2D eigenvalue weighted by Gasteiger charge is -2.30. The summed E-state index contributed by atoms with van der Waals surface area (Å²) < 4.78 is 0. The van der Waals surface area contributed by atoms with E-state index in [4.69, 9.17) is 0 Å². The van der Waals surface area contributed by atoms with Crippen LogP contribution in [0.1, 0.15) is 48.0 Å². The van der Waals surface area contributed by atoms with Gasteiger partial charge in [-0.1, -0.05) is 41.5 Å². The Morgan fingerprint density at radius 3 is 2.20 bits per heavy atom. The van der Waals surface area contributed by atoms with Crippen LogP contribution in [0.5, 0.6) is 0 Å². The number of hydrazone groups is 1. The molecule has 1 aliphatic heterocycles. The number of hydrogen-bond donors (Lipinski definition) is 1. The Kier molecular flexibility index (Phi) is 3.31. The molecule has 0 saturated heterocycles.